The normalized spacial score (nSPS) is 15.7. The molecule has 1 aliphatic rings. The van der Waals surface area contributed by atoms with E-state index in [0.717, 1.165) is 24.2 Å². The summed E-state index contributed by atoms with van der Waals surface area (Å²) in [6.07, 6.45) is 2.09. The molecule has 0 aliphatic carbocycles. The Bertz CT molecular complexity index is 631. The van der Waals surface area contributed by atoms with Gasteiger partial charge >= 0.3 is 6.09 Å². The number of methoxy groups -OCH3 is 1. The van der Waals surface area contributed by atoms with Crippen molar-refractivity contribution in [3.05, 3.63) is 28.8 Å². The van der Waals surface area contributed by atoms with Crippen LogP contribution >= 0.6 is 11.6 Å². The molecule has 1 aliphatic heterocycles. The highest BCUT2D eigenvalue weighted by Gasteiger charge is 2.23. The summed E-state index contributed by atoms with van der Waals surface area (Å²) < 4.78 is 10.2. The van der Waals surface area contributed by atoms with Gasteiger partial charge in [0.25, 0.3) is 0 Å². The topological polar surface area (TPSA) is 89.2 Å². The summed E-state index contributed by atoms with van der Waals surface area (Å²) in [6, 6.07) is 5.82. The Balaban J connectivity index is 1.74. The van der Waals surface area contributed by atoms with E-state index in [4.69, 9.17) is 26.8 Å². The molecule has 1 saturated heterocycles. The number of amides is 1. The lowest BCUT2D eigenvalue weighted by Crippen LogP contribution is -2.48. The highest BCUT2D eigenvalue weighted by atomic mass is 35.5. The molecule has 0 saturated carbocycles. The van der Waals surface area contributed by atoms with E-state index in [1.54, 1.807) is 18.1 Å². The number of guanidine groups is 1. The molecule has 0 atom stereocenters. The average molecular weight is 383 g/mol. The first-order chi connectivity index (χ1) is 12.5. The molecule has 1 fully saturated rings. The number of nitrogens with one attached hydrogen (secondary N) is 1. The van der Waals surface area contributed by atoms with Gasteiger partial charge in [0.2, 0.25) is 0 Å². The Morgan fingerprint density at radius 1 is 1.42 bits per heavy atom. The molecule has 1 aromatic rings. The minimum absolute atomic E-state index is 0.217. The Hall–Kier alpha value is -2.15. The minimum Gasteiger partial charge on any atom is -0.497 e. The van der Waals surface area contributed by atoms with Gasteiger partial charge in [-0.1, -0.05) is 17.7 Å². The van der Waals surface area contributed by atoms with Gasteiger partial charge in [0.15, 0.2) is 5.96 Å². The number of nitrogens with zero attached hydrogens (tertiary/aromatic N) is 2. The monoisotopic (exact) mass is 382 g/mol. The van der Waals surface area contributed by atoms with E-state index in [1.807, 2.05) is 19.1 Å². The van der Waals surface area contributed by atoms with Gasteiger partial charge in [-0.15, -0.1) is 0 Å². The van der Waals surface area contributed by atoms with E-state index in [0.29, 0.717) is 43.6 Å². The fraction of sp³-hybridized carbons (Fsp3) is 0.556. The van der Waals surface area contributed by atoms with Crippen LogP contribution in [0.25, 0.3) is 0 Å². The van der Waals surface area contributed by atoms with E-state index >= 15 is 0 Å². The van der Waals surface area contributed by atoms with Gasteiger partial charge < -0.3 is 25.4 Å². The SMILES string of the molecule is CCOC(=O)N1CCC(NC(N)=NCCc2ccc(OC)cc2Cl)CC1. The third kappa shape index (κ3) is 5.98. The van der Waals surface area contributed by atoms with E-state index < -0.39 is 0 Å². The molecule has 144 valence electrons. The molecule has 3 N–H and O–H groups in total. The van der Waals surface area contributed by atoms with Crippen LogP contribution < -0.4 is 15.8 Å². The number of hydrogen-bond donors (Lipinski definition) is 2. The van der Waals surface area contributed by atoms with E-state index in [2.05, 4.69) is 10.3 Å². The highest BCUT2D eigenvalue weighted by molar-refractivity contribution is 6.31. The van der Waals surface area contributed by atoms with Gasteiger partial charge in [0.1, 0.15) is 5.75 Å². The number of aliphatic imine (C=N–C) groups is 1. The summed E-state index contributed by atoms with van der Waals surface area (Å²) in [7, 11) is 1.61. The van der Waals surface area contributed by atoms with Crippen molar-refractivity contribution in [3.63, 3.8) is 0 Å². The first-order valence-electron chi connectivity index (χ1n) is 8.84. The van der Waals surface area contributed by atoms with Crippen LogP contribution in [0.4, 0.5) is 4.79 Å². The van der Waals surface area contributed by atoms with Crippen LogP contribution in [0.3, 0.4) is 0 Å². The highest BCUT2D eigenvalue weighted by Crippen LogP contribution is 2.22. The molecule has 7 nitrogen and oxygen atoms in total. The molecule has 8 heteroatoms. The van der Waals surface area contributed by atoms with Crippen molar-refractivity contribution < 1.29 is 14.3 Å². The lowest BCUT2D eigenvalue weighted by Gasteiger charge is -2.31. The molecule has 1 amide bonds. The number of nitrogens with two attached hydrogens (primary N) is 1. The van der Waals surface area contributed by atoms with Crippen LogP contribution in [0, 0.1) is 0 Å². The predicted molar refractivity (Wildman–Crippen MR) is 103 cm³/mol. The molecule has 1 heterocycles. The zero-order valence-corrected chi connectivity index (χ0v) is 16.1. The Morgan fingerprint density at radius 2 is 2.15 bits per heavy atom. The average Bonchev–Trinajstić information content (AvgIpc) is 2.63. The molecule has 2 rings (SSSR count). The third-order valence-corrected chi connectivity index (χ3v) is 4.65. The van der Waals surface area contributed by atoms with E-state index in [1.165, 1.54) is 0 Å². The quantitative estimate of drug-likeness (QED) is 0.582. The second-order valence-electron chi connectivity index (χ2n) is 6.08. The number of piperidine rings is 1. The van der Waals surface area contributed by atoms with Crippen LogP contribution in [0.2, 0.25) is 5.02 Å². The van der Waals surface area contributed by atoms with E-state index in [9.17, 15) is 4.79 Å². The first kappa shape index (κ1) is 20.2. The number of likely N-dealkylation sites (tertiary alicyclic amines) is 1. The maximum atomic E-state index is 11.7. The van der Waals surface area contributed by atoms with Crippen LogP contribution in [-0.2, 0) is 11.2 Å². The molecule has 0 radical (unpaired) electrons. The van der Waals surface area contributed by atoms with Gasteiger partial charge in [-0.25, -0.2) is 4.79 Å². The minimum atomic E-state index is -0.246. The second kappa shape index (κ2) is 10.1. The maximum Gasteiger partial charge on any atom is 0.409 e. The second-order valence-corrected chi connectivity index (χ2v) is 6.49. The summed E-state index contributed by atoms with van der Waals surface area (Å²) in [4.78, 5) is 17.8. The Morgan fingerprint density at radius 3 is 2.77 bits per heavy atom. The van der Waals surface area contributed by atoms with Crippen molar-refractivity contribution in [2.75, 3.05) is 33.4 Å². The zero-order valence-electron chi connectivity index (χ0n) is 15.3. The molecular formula is C18H27ClN4O3. The number of hydrogen-bond acceptors (Lipinski definition) is 4. The van der Waals surface area contributed by atoms with Gasteiger partial charge in [-0.05, 0) is 43.9 Å². The van der Waals surface area contributed by atoms with Crippen molar-refractivity contribution in [2.24, 2.45) is 10.7 Å². The smallest absolute Gasteiger partial charge is 0.409 e. The fourth-order valence-corrected chi connectivity index (χ4v) is 3.10. The number of carbonyl (C=O) groups excluding carboxylic acids is 1. The van der Waals surface area contributed by atoms with Crippen LogP contribution in [0.15, 0.2) is 23.2 Å². The molecule has 0 bridgehead atoms. The number of carbonyl (C=O) groups is 1. The molecule has 0 spiro atoms. The third-order valence-electron chi connectivity index (χ3n) is 4.30. The van der Waals surface area contributed by atoms with Crippen molar-refractivity contribution in [3.8, 4) is 5.75 Å². The maximum absolute atomic E-state index is 11.7. The standard InChI is InChI=1S/C18H27ClN4O3/c1-3-26-18(24)23-10-7-14(8-11-23)22-17(20)21-9-6-13-4-5-15(25-2)12-16(13)19/h4-5,12,14H,3,6-11H2,1-2H3,(H3,20,21,22). The molecule has 0 unspecified atom stereocenters. The van der Waals surface area contributed by atoms with Crippen molar-refractivity contribution in [1.29, 1.82) is 0 Å². The van der Waals surface area contributed by atoms with Gasteiger partial charge in [0, 0.05) is 30.7 Å². The summed E-state index contributed by atoms with van der Waals surface area (Å²) in [5.41, 5.74) is 6.98. The summed E-state index contributed by atoms with van der Waals surface area (Å²) in [5.74, 6) is 1.15. The largest absolute Gasteiger partial charge is 0.497 e. The van der Waals surface area contributed by atoms with Gasteiger partial charge in [-0.3, -0.25) is 4.99 Å². The number of ether oxygens (including phenoxy) is 2. The lowest BCUT2D eigenvalue weighted by molar-refractivity contribution is 0.0963. The van der Waals surface area contributed by atoms with Crippen LogP contribution in [0.1, 0.15) is 25.3 Å². The molecule has 0 aromatic heterocycles. The lowest BCUT2D eigenvalue weighted by atomic mass is 10.1. The molecular weight excluding hydrogens is 356 g/mol. The Labute approximate surface area is 159 Å². The first-order valence-corrected chi connectivity index (χ1v) is 9.21. The number of rotatable bonds is 6. The van der Waals surface area contributed by atoms with Crippen LogP contribution in [-0.4, -0.2) is 56.3 Å². The van der Waals surface area contributed by atoms with E-state index in [-0.39, 0.29) is 12.1 Å². The zero-order chi connectivity index (χ0) is 18.9. The number of benzene rings is 1. The number of halogens is 1. The predicted octanol–water partition coefficient (Wildman–Crippen LogP) is 2.42. The van der Waals surface area contributed by atoms with Gasteiger partial charge in [0.05, 0.1) is 13.7 Å². The van der Waals surface area contributed by atoms with Crippen LogP contribution in [0.5, 0.6) is 5.75 Å². The molecule has 1 aromatic carbocycles. The molecule has 26 heavy (non-hydrogen) atoms. The fourth-order valence-electron chi connectivity index (χ4n) is 2.83. The summed E-state index contributed by atoms with van der Waals surface area (Å²) >= 11 is 6.22. The van der Waals surface area contributed by atoms with Crippen molar-refractivity contribution >= 4 is 23.7 Å². The Kier molecular flexibility index (Phi) is 7.84. The van der Waals surface area contributed by atoms with Crippen molar-refractivity contribution in [1.82, 2.24) is 10.2 Å². The summed E-state index contributed by atoms with van der Waals surface area (Å²) in [5, 5.41) is 3.89. The van der Waals surface area contributed by atoms with Crippen molar-refractivity contribution in [2.45, 2.75) is 32.2 Å². The summed E-state index contributed by atoms with van der Waals surface area (Å²) in [6.45, 7) is 4.07. The van der Waals surface area contributed by atoms with Gasteiger partial charge in [-0.2, -0.15) is 0 Å².